The van der Waals surface area contributed by atoms with E-state index in [2.05, 4.69) is 15.6 Å². The van der Waals surface area contributed by atoms with Crippen molar-refractivity contribution in [2.75, 3.05) is 11.8 Å². The molecule has 5 nitrogen and oxygen atoms in total. The number of nitrogens with one attached hydrogen (secondary N) is 2. The highest BCUT2D eigenvalue weighted by Crippen LogP contribution is 2.04. The molecule has 7 heteroatoms. The molecule has 0 spiro atoms. The second kappa shape index (κ2) is 9.64. The van der Waals surface area contributed by atoms with Gasteiger partial charge in [-0.25, -0.2) is 4.98 Å². The predicted molar refractivity (Wildman–Crippen MR) is 88.8 cm³/mol. The molecule has 1 heterocycles. The van der Waals surface area contributed by atoms with Crippen LogP contribution in [0.2, 0.25) is 0 Å². The number of carbonyl (C=O) groups is 2. The number of pyridine rings is 1. The summed E-state index contributed by atoms with van der Waals surface area (Å²) in [4.78, 5) is 28.3. The van der Waals surface area contributed by atoms with Crippen LogP contribution in [0, 0.1) is 0 Å². The second-order valence-corrected chi connectivity index (χ2v) is 5.49. The van der Waals surface area contributed by atoms with Crippen LogP contribution in [0.15, 0.2) is 18.2 Å². The maximum atomic E-state index is 12.1. The molecule has 0 bridgehead atoms. The Morgan fingerprint density at radius 3 is 1.73 bits per heavy atom. The van der Waals surface area contributed by atoms with Crippen molar-refractivity contribution in [1.29, 1.82) is 0 Å². The van der Waals surface area contributed by atoms with Gasteiger partial charge in [0.15, 0.2) is 0 Å². The number of hydrogen-bond donors (Lipinski definition) is 2. The molecular weight excluding hydrogens is 325 g/mol. The summed E-state index contributed by atoms with van der Waals surface area (Å²) in [6.45, 7) is 3.86. The van der Waals surface area contributed by atoms with Gasteiger partial charge in [0.25, 0.3) is 11.8 Å². The molecule has 0 radical (unpaired) electrons. The van der Waals surface area contributed by atoms with Gasteiger partial charge in [-0.2, -0.15) is 0 Å². The van der Waals surface area contributed by atoms with Crippen molar-refractivity contribution in [2.45, 2.75) is 38.8 Å². The van der Waals surface area contributed by atoms with Gasteiger partial charge >= 0.3 is 0 Å². The van der Waals surface area contributed by atoms with Crippen molar-refractivity contribution in [2.24, 2.45) is 0 Å². The molecule has 0 saturated carbocycles. The molecule has 0 aliphatic heterocycles. The van der Waals surface area contributed by atoms with Gasteiger partial charge in [-0.1, -0.05) is 19.9 Å². The number of nitrogens with zero attached hydrogens (tertiary/aromatic N) is 1. The van der Waals surface area contributed by atoms with Crippen LogP contribution < -0.4 is 10.6 Å². The van der Waals surface area contributed by atoms with Gasteiger partial charge in [0.1, 0.15) is 11.4 Å². The molecule has 2 amide bonds. The van der Waals surface area contributed by atoms with E-state index in [1.54, 1.807) is 18.2 Å². The van der Waals surface area contributed by atoms with Gasteiger partial charge < -0.3 is 10.6 Å². The lowest BCUT2D eigenvalue weighted by molar-refractivity contribution is 0.0930. The maximum absolute atomic E-state index is 12.1. The van der Waals surface area contributed by atoms with Crippen LogP contribution in [0.3, 0.4) is 0 Å². The summed E-state index contributed by atoms with van der Waals surface area (Å²) in [6.07, 6.45) is 1.45. The molecule has 1 rings (SSSR count). The summed E-state index contributed by atoms with van der Waals surface area (Å²) < 4.78 is 0. The molecule has 0 unspecified atom stereocenters. The molecule has 0 saturated heterocycles. The first kappa shape index (κ1) is 18.7. The minimum atomic E-state index is -0.341. The molecule has 0 fully saturated rings. The predicted octanol–water partition coefficient (Wildman–Crippen LogP) is 2.58. The molecule has 2 atom stereocenters. The third-order valence-corrected chi connectivity index (χ3v) is 3.99. The van der Waals surface area contributed by atoms with Crippen LogP contribution in [0.4, 0.5) is 0 Å². The normalized spacial score (nSPS) is 13.3. The zero-order valence-electron chi connectivity index (χ0n) is 12.7. The molecule has 1 aromatic heterocycles. The molecule has 0 aromatic carbocycles. The Balaban J connectivity index is 2.81. The third kappa shape index (κ3) is 5.46. The molecule has 122 valence electrons. The van der Waals surface area contributed by atoms with Crippen LogP contribution in [-0.4, -0.2) is 40.6 Å². The third-order valence-electron chi connectivity index (χ3n) is 3.24. The topological polar surface area (TPSA) is 71.1 Å². The van der Waals surface area contributed by atoms with Gasteiger partial charge in [0.05, 0.1) is 0 Å². The first-order valence-corrected chi connectivity index (χ1v) is 8.33. The second-order valence-electron chi connectivity index (χ2n) is 4.87. The highest BCUT2D eigenvalue weighted by molar-refractivity contribution is 6.18. The monoisotopic (exact) mass is 345 g/mol. The zero-order valence-corrected chi connectivity index (χ0v) is 14.2. The maximum Gasteiger partial charge on any atom is 0.270 e. The van der Waals surface area contributed by atoms with E-state index < -0.39 is 0 Å². The summed E-state index contributed by atoms with van der Waals surface area (Å²) in [7, 11) is 0. The van der Waals surface area contributed by atoms with E-state index in [4.69, 9.17) is 23.2 Å². The summed E-state index contributed by atoms with van der Waals surface area (Å²) in [5.74, 6) is -0.0230. The average molecular weight is 346 g/mol. The fraction of sp³-hybridized carbons (Fsp3) is 0.533. The average Bonchev–Trinajstić information content (AvgIpc) is 2.57. The Morgan fingerprint density at radius 2 is 1.41 bits per heavy atom. The lowest BCUT2D eigenvalue weighted by atomic mass is 10.2. The highest BCUT2D eigenvalue weighted by atomic mass is 35.5. The quantitative estimate of drug-likeness (QED) is 0.711. The van der Waals surface area contributed by atoms with Crippen molar-refractivity contribution in [3.05, 3.63) is 29.6 Å². The van der Waals surface area contributed by atoms with E-state index >= 15 is 0 Å². The van der Waals surface area contributed by atoms with Crippen LogP contribution in [0.5, 0.6) is 0 Å². The van der Waals surface area contributed by atoms with Crippen molar-refractivity contribution >= 4 is 35.0 Å². The van der Waals surface area contributed by atoms with Crippen molar-refractivity contribution in [1.82, 2.24) is 15.6 Å². The fourth-order valence-corrected chi connectivity index (χ4v) is 2.30. The summed E-state index contributed by atoms with van der Waals surface area (Å²) in [5, 5.41) is 5.55. The van der Waals surface area contributed by atoms with Crippen LogP contribution in [-0.2, 0) is 0 Å². The summed E-state index contributed by atoms with van der Waals surface area (Å²) in [6, 6.07) is 4.51. The van der Waals surface area contributed by atoms with Crippen LogP contribution >= 0.6 is 23.2 Å². The lowest BCUT2D eigenvalue weighted by Gasteiger charge is -2.15. The number of rotatable bonds is 8. The summed E-state index contributed by atoms with van der Waals surface area (Å²) in [5.41, 5.74) is 0.380. The molecule has 2 N–H and O–H groups in total. The lowest BCUT2D eigenvalue weighted by Crippen LogP contribution is -2.38. The van der Waals surface area contributed by atoms with Crippen LogP contribution in [0.25, 0.3) is 0 Å². The largest absolute Gasteiger partial charge is 0.347 e. The Labute approximate surface area is 140 Å². The first-order valence-electron chi connectivity index (χ1n) is 7.26. The minimum Gasteiger partial charge on any atom is -0.347 e. The zero-order chi connectivity index (χ0) is 16.5. The number of amides is 2. The number of carbonyl (C=O) groups excluding carboxylic acids is 2. The van der Waals surface area contributed by atoms with E-state index in [0.29, 0.717) is 11.8 Å². The molecule has 22 heavy (non-hydrogen) atoms. The standard InChI is InChI=1S/C15H21Cl2N3O2/c1-3-10(8-16)18-14(21)12-6-5-7-13(20-12)15(22)19-11(4-2)9-17/h5-7,10-11H,3-4,8-9H2,1-2H3,(H,18,21)(H,19,22)/t10-,11-/m1/s1. The van der Waals surface area contributed by atoms with Gasteiger partial charge in [-0.05, 0) is 25.0 Å². The van der Waals surface area contributed by atoms with Gasteiger partial charge in [-0.15, -0.1) is 23.2 Å². The number of alkyl halides is 2. The Bertz CT molecular complexity index is 462. The van der Waals surface area contributed by atoms with E-state index in [0.717, 1.165) is 12.8 Å². The molecule has 0 aliphatic rings. The van der Waals surface area contributed by atoms with E-state index in [-0.39, 0.29) is 35.3 Å². The molecule has 0 aliphatic carbocycles. The number of halogens is 2. The van der Waals surface area contributed by atoms with Gasteiger partial charge in [0, 0.05) is 23.8 Å². The Kier molecular flexibility index (Phi) is 8.20. The van der Waals surface area contributed by atoms with Crippen molar-refractivity contribution in [3.8, 4) is 0 Å². The summed E-state index contributed by atoms with van der Waals surface area (Å²) >= 11 is 11.5. The number of hydrogen-bond acceptors (Lipinski definition) is 3. The smallest absolute Gasteiger partial charge is 0.270 e. The number of aromatic nitrogens is 1. The highest BCUT2D eigenvalue weighted by Gasteiger charge is 2.16. The SMILES string of the molecule is CC[C@H](CCl)NC(=O)c1cccc(C(=O)N[C@H](CC)CCl)n1. The Hall–Kier alpha value is -1.33. The van der Waals surface area contributed by atoms with Gasteiger partial charge in [-0.3, -0.25) is 9.59 Å². The molecular formula is C15H21Cl2N3O2. The Morgan fingerprint density at radius 1 is 1.00 bits per heavy atom. The minimum absolute atomic E-state index is 0.117. The van der Waals surface area contributed by atoms with Gasteiger partial charge in [0.2, 0.25) is 0 Å². The van der Waals surface area contributed by atoms with E-state index in [1.165, 1.54) is 0 Å². The van der Waals surface area contributed by atoms with E-state index in [9.17, 15) is 9.59 Å². The van der Waals surface area contributed by atoms with Crippen LogP contribution in [0.1, 0.15) is 47.7 Å². The van der Waals surface area contributed by atoms with Crippen molar-refractivity contribution < 1.29 is 9.59 Å². The van der Waals surface area contributed by atoms with E-state index in [1.807, 2.05) is 13.8 Å². The first-order chi connectivity index (χ1) is 10.5. The molecule has 1 aromatic rings. The fourth-order valence-electron chi connectivity index (χ4n) is 1.71. The van der Waals surface area contributed by atoms with Crippen molar-refractivity contribution in [3.63, 3.8) is 0 Å².